The Hall–Kier alpha value is -2.67. The van der Waals surface area contributed by atoms with Gasteiger partial charge in [-0.3, -0.25) is 4.79 Å². The molecule has 1 saturated heterocycles. The Labute approximate surface area is 149 Å². The van der Waals surface area contributed by atoms with Crippen molar-refractivity contribution in [1.82, 2.24) is 19.7 Å². The second-order valence-electron chi connectivity index (χ2n) is 5.91. The summed E-state index contributed by atoms with van der Waals surface area (Å²) in [7, 11) is 1.64. The Bertz CT molecular complexity index is 896. The third kappa shape index (κ3) is 3.15. The number of carbonyl (C=O) groups excluding carboxylic acids is 1. The normalized spacial score (nSPS) is 14.0. The highest BCUT2D eigenvalue weighted by Crippen LogP contribution is 2.26. The summed E-state index contributed by atoms with van der Waals surface area (Å²) < 4.78 is 7.03. The molecule has 3 heterocycles. The minimum Gasteiger partial charge on any atom is -0.497 e. The van der Waals surface area contributed by atoms with Gasteiger partial charge >= 0.3 is 0 Å². The van der Waals surface area contributed by atoms with Crippen molar-refractivity contribution in [1.29, 1.82) is 0 Å². The van der Waals surface area contributed by atoms with Gasteiger partial charge in [-0.2, -0.15) is 5.10 Å². The fourth-order valence-corrected chi connectivity index (χ4v) is 3.68. The SMILES string of the molecule is COc1cccc(-n2cc(-c3nc(C(=O)N4CCCC4)cs3)cn2)c1. The Kier molecular flexibility index (Phi) is 4.23. The van der Waals surface area contributed by atoms with Crippen LogP contribution < -0.4 is 4.74 Å². The number of hydrogen-bond donors (Lipinski definition) is 0. The number of benzene rings is 1. The van der Waals surface area contributed by atoms with Crippen LogP contribution in [0.3, 0.4) is 0 Å². The van der Waals surface area contributed by atoms with Gasteiger partial charge in [-0.05, 0) is 25.0 Å². The molecular formula is C18H18N4O2S. The van der Waals surface area contributed by atoms with Crippen molar-refractivity contribution in [2.45, 2.75) is 12.8 Å². The van der Waals surface area contributed by atoms with E-state index in [0.717, 1.165) is 47.9 Å². The van der Waals surface area contributed by atoms with Crippen molar-refractivity contribution in [3.63, 3.8) is 0 Å². The fraction of sp³-hybridized carbons (Fsp3) is 0.278. The van der Waals surface area contributed by atoms with Gasteiger partial charge in [0.25, 0.3) is 5.91 Å². The van der Waals surface area contributed by atoms with E-state index in [1.54, 1.807) is 18.0 Å². The van der Waals surface area contributed by atoms with E-state index in [0.29, 0.717) is 5.69 Å². The summed E-state index contributed by atoms with van der Waals surface area (Å²) in [6.07, 6.45) is 5.84. The van der Waals surface area contributed by atoms with Crippen LogP contribution in [0.15, 0.2) is 42.0 Å². The van der Waals surface area contributed by atoms with E-state index in [-0.39, 0.29) is 5.91 Å². The minimum atomic E-state index is 0.0280. The van der Waals surface area contributed by atoms with E-state index in [2.05, 4.69) is 10.1 Å². The Morgan fingerprint density at radius 3 is 2.92 bits per heavy atom. The molecule has 0 saturated carbocycles. The maximum Gasteiger partial charge on any atom is 0.273 e. The van der Waals surface area contributed by atoms with Gasteiger partial charge in [0.2, 0.25) is 0 Å². The number of rotatable bonds is 4. The number of ether oxygens (including phenoxy) is 1. The number of carbonyl (C=O) groups is 1. The molecule has 3 aromatic rings. The first-order chi connectivity index (χ1) is 12.2. The highest BCUT2D eigenvalue weighted by molar-refractivity contribution is 7.13. The lowest BCUT2D eigenvalue weighted by Gasteiger charge is -2.12. The van der Waals surface area contributed by atoms with Crippen molar-refractivity contribution < 1.29 is 9.53 Å². The van der Waals surface area contributed by atoms with Gasteiger partial charge in [0.05, 0.1) is 19.0 Å². The summed E-state index contributed by atoms with van der Waals surface area (Å²) in [5.41, 5.74) is 2.33. The van der Waals surface area contributed by atoms with Gasteiger partial charge in [0.1, 0.15) is 16.5 Å². The third-order valence-electron chi connectivity index (χ3n) is 4.26. The molecule has 0 aliphatic carbocycles. The van der Waals surface area contributed by atoms with Gasteiger partial charge in [0, 0.05) is 36.3 Å². The summed E-state index contributed by atoms with van der Waals surface area (Å²) in [6, 6.07) is 7.70. The van der Waals surface area contributed by atoms with Gasteiger partial charge in [-0.1, -0.05) is 6.07 Å². The van der Waals surface area contributed by atoms with Crippen molar-refractivity contribution in [2.75, 3.05) is 20.2 Å². The molecule has 0 unspecified atom stereocenters. The molecule has 1 aliphatic heterocycles. The number of nitrogens with zero attached hydrogens (tertiary/aromatic N) is 4. The largest absolute Gasteiger partial charge is 0.497 e. The third-order valence-corrected chi connectivity index (χ3v) is 5.16. The number of likely N-dealkylation sites (tertiary alicyclic amines) is 1. The van der Waals surface area contributed by atoms with Crippen LogP contribution in [-0.2, 0) is 0 Å². The molecular weight excluding hydrogens is 336 g/mol. The zero-order valence-corrected chi connectivity index (χ0v) is 14.7. The summed E-state index contributed by atoms with van der Waals surface area (Å²) in [5, 5.41) is 7.04. The van der Waals surface area contributed by atoms with Crippen LogP contribution in [0.5, 0.6) is 5.75 Å². The predicted octanol–water partition coefficient (Wildman–Crippen LogP) is 3.24. The molecule has 0 bridgehead atoms. The zero-order valence-electron chi connectivity index (χ0n) is 13.9. The monoisotopic (exact) mass is 354 g/mol. The minimum absolute atomic E-state index is 0.0280. The average molecular weight is 354 g/mol. The molecule has 7 heteroatoms. The first kappa shape index (κ1) is 15.8. The van der Waals surface area contributed by atoms with Crippen LogP contribution >= 0.6 is 11.3 Å². The Balaban J connectivity index is 1.57. The molecule has 1 aromatic carbocycles. The smallest absolute Gasteiger partial charge is 0.273 e. The molecule has 25 heavy (non-hydrogen) atoms. The maximum absolute atomic E-state index is 12.4. The molecule has 128 valence electrons. The zero-order chi connectivity index (χ0) is 17.2. The van der Waals surface area contributed by atoms with Crippen LogP contribution in [0.25, 0.3) is 16.3 Å². The van der Waals surface area contributed by atoms with Gasteiger partial charge < -0.3 is 9.64 Å². The van der Waals surface area contributed by atoms with Gasteiger partial charge in [-0.15, -0.1) is 11.3 Å². The molecule has 6 nitrogen and oxygen atoms in total. The Morgan fingerprint density at radius 1 is 1.28 bits per heavy atom. The van der Waals surface area contributed by atoms with E-state index >= 15 is 0 Å². The van der Waals surface area contributed by atoms with E-state index < -0.39 is 0 Å². The lowest BCUT2D eigenvalue weighted by molar-refractivity contribution is 0.0788. The lowest BCUT2D eigenvalue weighted by atomic mass is 10.3. The number of thiazole rings is 1. The second-order valence-corrected chi connectivity index (χ2v) is 6.77. The van der Waals surface area contributed by atoms with E-state index in [1.807, 2.05) is 40.7 Å². The van der Waals surface area contributed by atoms with Gasteiger partial charge in [-0.25, -0.2) is 9.67 Å². The molecule has 0 radical (unpaired) electrons. The first-order valence-corrected chi connectivity index (χ1v) is 9.07. The molecule has 0 N–H and O–H groups in total. The van der Waals surface area contributed by atoms with E-state index in [1.165, 1.54) is 11.3 Å². The van der Waals surface area contributed by atoms with E-state index in [9.17, 15) is 4.79 Å². The summed E-state index contributed by atoms with van der Waals surface area (Å²) in [4.78, 5) is 18.8. The second kappa shape index (κ2) is 6.68. The molecule has 2 aromatic heterocycles. The van der Waals surface area contributed by atoms with Crippen molar-refractivity contribution in [3.05, 3.63) is 47.7 Å². The van der Waals surface area contributed by atoms with Crippen molar-refractivity contribution in [2.24, 2.45) is 0 Å². The number of amides is 1. The fourth-order valence-electron chi connectivity index (χ4n) is 2.91. The number of hydrogen-bond acceptors (Lipinski definition) is 5. The van der Waals surface area contributed by atoms with Crippen molar-refractivity contribution in [3.8, 4) is 22.0 Å². The highest BCUT2D eigenvalue weighted by Gasteiger charge is 2.22. The van der Waals surface area contributed by atoms with Crippen LogP contribution in [0.1, 0.15) is 23.3 Å². The number of aromatic nitrogens is 3. The molecule has 4 rings (SSSR count). The van der Waals surface area contributed by atoms with Crippen LogP contribution in [0.4, 0.5) is 0 Å². The average Bonchev–Trinajstić information content (AvgIpc) is 3.42. The van der Waals surface area contributed by atoms with Crippen LogP contribution in [-0.4, -0.2) is 45.8 Å². The number of methoxy groups -OCH3 is 1. The Morgan fingerprint density at radius 2 is 2.12 bits per heavy atom. The van der Waals surface area contributed by atoms with E-state index in [4.69, 9.17) is 4.74 Å². The van der Waals surface area contributed by atoms with Crippen molar-refractivity contribution >= 4 is 17.2 Å². The van der Waals surface area contributed by atoms with Crippen LogP contribution in [0, 0.1) is 0 Å². The standard InChI is InChI=1S/C18H18N4O2S/c1-24-15-6-4-5-14(9-15)22-11-13(10-19-22)17-20-16(12-25-17)18(23)21-7-2-3-8-21/h4-6,9-12H,2-3,7-8H2,1H3. The quantitative estimate of drug-likeness (QED) is 0.722. The summed E-state index contributed by atoms with van der Waals surface area (Å²) in [6.45, 7) is 1.67. The topological polar surface area (TPSA) is 60.3 Å². The lowest BCUT2D eigenvalue weighted by Crippen LogP contribution is -2.27. The predicted molar refractivity (Wildman–Crippen MR) is 96.4 cm³/mol. The molecule has 0 spiro atoms. The van der Waals surface area contributed by atoms with Crippen LogP contribution in [0.2, 0.25) is 0 Å². The molecule has 1 fully saturated rings. The van der Waals surface area contributed by atoms with Gasteiger partial charge in [0.15, 0.2) is 0 Å². The summed E-state index contributed by atoms with van der Waals surface area (Å²) >= 11 is 1.47. The molecule has 1 aliphatic rings. The highest BCUT2D eigenvalue weighted by atomic mass is 32.1. The maximum atomic E-state index is 12.4. The first-order valence-electron chi connectivity index (χ1n) is 8.19. The molecule has 0 atom stereocenters. The summed E-state index contributed by atoms with van der Waals surface area (Å²) in [5.74, 6) is 0.808. The molecule has 1 amide bonds.